The van der Waals surface area contributed by atoms with Crippen molar-refractivity contribution in [3.05, 3.63) is 65.6 Å². The molecule has 1 aliphatic carbocycles. The summed E-state index contributed by atoms with van der Waals surface area (Å²) in [6.45, 7) is 12.6. The molecule has 0 saturated heterocycles. The molecule has 0 amide bonds. The van der Waals surface area contributed by atoms with Crippen molar-refractivity contribution in [1.29, 1.82) is 0 Å². The summed E-state index contributed by atoms with van der Waals surface area (Å²) in [5.74, 6) is 0.500. The second-order valence-corrected chi connectivity index (χ2v) is 7.21. The second kappa shape index (κ2) is 8.49. The molecule has 0 spiro atoms. The van der Waals surface area contributed by atoms with Gasteiger partial charge in [0.15, 0.2) is 0 Å². The zero-order valence-electron chi connectivity index (χ0n) is 15.4. The lowest BCUT2D eigenvalue weighted by atomic mass is 9.82. The summed E-state index contributed by atoms with van der Waals surface area (Å²) in [7, 11) is 0. The van der Waals surface area contributed by atoms with Gasteiger partial charge in [0.05, 0.1) is 0 Å². The summed E-state index contributed by atoms with van der Waals surface area (Å²) < 4.78 is 0. The van der Waals surface area contributed by atoms with Crippen LogP contribution in [-0.2, 0) is 0 Å². The third-order valence-electron chi connectivity index (χ3n) is 4.79. The number of benzene rings is 1. The van der Waals surface area contributed by atoms with E-state index in [0.29, 0.717) is 18.0 Å². The normalized spacial score (nSPS) is 16.7. The zero-order chi connectivity index (χ0) is 16.8. The number of hydrogen-bond donors (Lipinski definition) is 0. The van der Waals surface area contributed by atoms with Crippen LogP contribution >= 0.6 is 0 Å². The van der Waals surface area contributed by atoms with E-state index in [2.05, 4.69) is 88.4 Å². The fourth-order valence-electron chi connectivity index (χ4n) is 3.61. The molecule has 0 saturated carbocycles. The molecule has 0 bridgehead atoms. The second-order valence-electron chi connectivity index (χ2n) is 7.21. The summed E-state index contributed by atoms with van der Waals surface area (Å²) in [5.41, 5.74) is 4.33. The molecule has 0 aliphatic heterocycles. The average Bonchev–Trinajstić information content (AvgIpc) is 2.51. The largest absolute Gasteiger partial charge is 0.299 e. The molecule has 0 fully saturated rings. The van der Waals surface area contributed by atoms with Crippen LogP contribution in [0.2, 0.25) is 0 Å². The van der Waals surface area contributed by atoms with Crippen molar-refractivity contribution in [2.75, 3.05) is 6.54 Å². The predicted octanol–water partition coefficient (Wildman–Crippen LogP) is 5.76. The molecule has 0 aromatic heterocycles. The van der Waals surface area contributed by atoms with Crippen molar-refractivity contribution < 1.29 is 0 Å². The monoisotopic (exact) mass is 310 g/mol. The molecule has 23 heavy (non-hydrogen) atoms. The first-order valence-electron chi connectivity index (χ1n) is 9.01. The molecule has 1 nitrogen and oxygen atoms in total. The van der Waals surface area contributed by atoms with E-state index in [1.165, 1.54) is 23.1 Å². The standard InChI is InChI=1S/C22H32N/c1-17(2)23(18(3)4)15-14-22(20-11-7-6-8-12-20)21-13-9-10-19(5)16-21/h6-8,10-13,16-18,22H,9,14-15H2,1-5H3/t22-/m0/s1. The van der Waals surface area contributed by atoms with Gasteiger partial charge in [-0.25, -0.2) is 0 Å². The first-order valence-corrected chi connectivity index (χ1v) is 9.01. The van der Waals surface area contributed by atoms with E-state index in [1.807, 2.05) is 0 Å². The fraction of sp³-hybridized carbons (Fsp3) is 0.500. The Hall–Kier alpha value is -1.34. The van der Waals surface area contributed by atoms with Gasteiger partial charge in [0.25, 0.3) is 0 Å². The molecule has 1 atom stereocenters. The van der Waals surface area contributed by atoms with E-state index in [0.717, 1.165) is 13.0 Å². The summed E-state index contributed by atoms with van der Waals surface area (Å²) in [4.78, 5) is 2.60. The van der Waals surface area contributed by atoms with Crippen LogP contribution in [0.4, 0.5) is 0 Å². The summed E-state index contributed by atoms with van der Waals surface area (Å²) in [5, 5.41) is 0. The smallest absolute Gasteiger partial charge is 0.00666 e. The van der Waals surface area contributed by atoms with E-state index in [4.69, 9.17) is 0 Å². The lowest BCUT2D eigenvalue weighted by molar-refractivity contribution is 0.170. The fourth-order valence-corrected chi connectivity index (χ4v) is 3.61. The maximum Gasteiger partial charge on any atom is 0.00666 e. The molecule has 1 heteroatoms. The molecule has 125 valence electrons. The van der Waals surface area contributed by atoms with Crippen molar-refractivity contribution in [1.82, 2.24) is 4.90 Å². The predicted molar refractivity (Wildman–Crippen MR) is 102 cm³/mol. The maximum atomic E-state index is 2.60. The van der Waals surface area contributed by atoms with Gasteiger partial charge in [0, 0.05) is 18.0 Å². The minimum absolute atomic E-state index is 0.500. The molecule has 0 N–H and O–H groups in total. The van der Waals surface area contributed by atoms with Crippen LogP contribution in [-0.4, -0.2) is 23.5 Å². The van der Waals surface area contributed by atoms with Gasteiger partial charge >= 0.3 is 0 Å². The molecule has 1 radical (unpaired) electrons. The van der Waals surface area contributed by atoms with Crippen LogP contribution in [0.15, 0.2) is 53.6 Å². The molecular weight excluding hydrogens is 278 g/mol. The van der Waals surface area contributed by atoms with Crippen LogP contribution in [0, 0.1) is 6.42 Å². The van der Waals surface area contributed by atoms with Crippen molar-refractivity contribution in [3.8, 4) is 0 Å². The highest BCUT2D eigenvalue weighted by molar-refractivity contribution is 5.40. The summed E-state index contributed by atoms with van der Waals surface area (Å²) in [6, 6.07) is 12.2. The van der Waals surface area contributed by atoms with Crippen molar-refractivity contribution in [2.24, 2.45) is 0 Å². The van der Waals surface area contributed by atoms with Gasteiger partial charge in [-0.3, -0.25) is 4.90 Å². The molecule has 1 aromatic carbocycles. The van der Waals surface area contributed by atoms with E-state index in [1.54, 1.807) is 0 Å². The molecule has 1 aliphatic rings. The van der Waals surface area contributed by atoms with Gasteiger partial charge in [0.2, 0.25) is 0 Å². The average molecular weight is 311 g/mol. The molecule has 1 aromatic rings. The Morgan fingerprint density at radius 3 is 2.22 bits per heavy atom. The lowest BCUT2D eigenvalue weighted by Crippen LogP contribution is -2.38. The topological polar surface area (TPSA) is 3.24 Å². The number of hydrogen-bond acceptors (Lipinski definition) is 1. The number of nitrogens with zero attached hydrogens (tertiary/aromatic N) is 1. The quantitative estimate of drug-likeness (QED) is 0.619. The van der Waals surface area contributed by atoms with E-state index < -0.39 is 0 Å². The van der Waals surface area contributed by atoms with Crippen molar-refractivity contribution >= 4 is 0 Å². The SMILES string of the molecule is CC1=CC[CH]C([C@@H](CCN(C(C)C)C(C)C)c2ccccc2)=C1. The Kier molecular flexibility index (Phi) is 6.65. The highest BCUT2D eigenvalue weighted by atomic mass is 15.2. The van der Waals surface area contributed by atoms with Crippen LogP contribution < -0.4 is 0 Å². The lowest BCUT2D eigenvalue weighted by Gasteiger charge is -2.33. The van der Waals surface area contributed by atoms with Crippen LogP contribution in [0.1, 0.15) is 58.9 Å². The molecule has 2 rings (SSSR count). The Morgan fingerprint density at radius 1 is 1.00 bits per heavy atom. The molecule has 0 unspecified atom stereocenters. The number of allylic oxidation sites excluding steroid dienone is 4. The molecular formula is C22H32N. The first kappa shape index (κ1) is 18.0. The van der Waals surface area contributed by atoms with Crippen LogP contribution in [0.25, 0.3) is 0 Å². The van der Waals surface area contributed by atoms with Gasteiger partial charge < -0.3 is 0 Å². The highest BCUT2D eigenvalue weighted by Crippen LogP contribution is 2.34. The summed E-state index contributed by atoms with van der Waals surface area (Å²) >= 11 is 0. The Balaban J connectivity index is 2.19. The third-order valence-corrected chi connectivity index (χ3v) is 4.79. The Morgan fingerprint density at radius 2 is 1.65 bits per heavy atom. The maximum absolute atomic E-state index is 2.60. The Labute approximate surface area is 143 Å². The van der Waals surface area contributed by atoms with Crippen molar-refractivity contribution in [3.63, 3.8) is 0 Å². The first-order chi connectivity index (χ1) is 11.0. The van der Waals surface area contributed by atoms with Gasteiger partial charge in [-0.2, -0.15) is 0 Å². The van der Waals surface area contributed by atoms with E-state index in [-0.39, 0.29) is 0 Å². The highest BCUT2D eigenvalue weighted by Gasteiger charge is 2.21. The molecule has 0 heterocycles. The van der Waals surface area contributed by atoms with E-state index in [9.17, 15) is 0 Å². The van der Waals surface area contributed by atoms with E-state index >= 15 is 0 Å². The van der Waals surface area contributed by atoms with Gasteiger partial charge in [-0.1, -0.05) is 53.6 Å². The van der Waals surface area contributed by atoms with Gasteiger partial charge in [-0.05, 0) is 66.0 Å². The minimum Gasteiger partial charge on any atom is -0.299 e. The van der Waals surface area contributed by atoms with Gasteiger partial charge in [0.1, 0.15) is 0 Å². The number of rotatable bonds is 7. The zero-order valence-corrected chi connectivity index (χ0v) is 15.4. The van der Waals surface area contributed by atoms with Crippen molar-refractivity contribution in [2.45, 2.75) is 65.5 Å². The Bertz CT molecular complexity index is 528. The summed E-state index contributed by atoms with van der Waals surface area (Å²) in [6.07, 6.45) is 9.32. The third kappa shape index (κ3) is 5.07. The van der Waals surface area contributed by atoms with Crippen LogP contribution in [0.3, 0.4) is 0 Å². The minimum atomic E-state index is 0.500. The van der Waals surface area contributed by atoms with Crippen LogP contribution in [0.5, 0.6) is 0 Å². The van der Waals surface area contributed by atoms with Gasteiger partial charge in [-0.15, -0.1) is 0 Å².